The average molecular weight is 662 g/mol. The molecule has 6 rings (SSSR count). The van der Waals surface area contributed by atoms with Crippen LogP contribution < -0.4 is 10.2 Å². The summed E-state index contributed by atoms with van der Waals surface area (Å²) in [4.78, 5) is 52.5. The van der Waals surface area contributed by atoms with Crippen LogP contribution in [0.15, 0.2) is 79.0 Å². The molecule has 3 amide bonds. The zero-order valence-corrected chi connectivity index (χ0v) is 27.5. The van der Waals surface area contributed by atoms with Gasteiger partial charge in [-0.3, -0.25) is 14.5 Å². The Kier molecular flexibility index (Phi) is 9.27. The zero-order chi connectivity index (χ0) is 34.7. The van der Waals surface area contributed by atoms with Gasteiger partial charge in [0.05, 0.1) is 18.2 Å². The first kappa shape index (κ1) is 33.1. The lowest BCUT2D eigenvalue weighted by atomic mass is 10.0. The molecule has 250 valence electrons. The van der Waals surface area contributed by atoms with Crippen LogP contribution in [-0.4, -0.2) is 75.5 Å². The molecule has 2 aliphatic rings. The van der Waals surface area contributed by atoms with Crippen LogP contribution in [0.5, 0.6) is 0 Å². The first-order valence-corrected chi connectivity index (χ1v) is 16.0. The highest BCUT2D eigenvalue weighted by Gasteiger charge is 2.34. The molecule has 1 saturated heterocycles. The highest BCUT2D eigenvalue weighted by Crippen LogP contribution is 2.36. The Bertz CT molecular complexity index is 1930. The molecule has 1 N–H and O–H groups in total. The van der Waals surface area contributed by atoms with Gasteiger partial charge in [0.1, 0.15) is 17.5 Å². The topological polar surface area (TPSA) is 132 Å². The molecule has 1 unspecified atom stereocenters. The van der Waals surface area contributed by atoms with Crippen molar-refractivity contribution in [1.29, 1.82) is 5.26 Å². The predicted octanol–water partition coefficient (Wildman–Crippen LogP) is 5.74. The number of halogens is 1. The molecule has 0 aliphatic carbocycles. The number of ether oxygens (including phenoxy) is 1. The van der Waals surface area contributed by atoms with Crippen molar-refractivity contribution in [2.75, 3.05) is 36.4 Å². The maximum atomic E-state index is 14.2. The van der Waals surface area contributed by atoms with Crippen LogP contribution >= 0.6 is 0 Å². The zero-order valence-electron chi connectivity index (χ0n) is 27.5. The lowest BCUT2D eigenvalue weighted by Gasteiger charge is -2.35. The Balaban J connectivity index is 1.09. The minimum atomic E-state index is -0.691. The third kappa shape index (κ3) is 7.51. The maximum absolute atomic E-state index is 14.2. The van der Waals surface area contributed by atoms with Crippen molar-refractivity contribution in [3.8, 4) is 17.3 Å². The quantitative estimate of drug-likeness (QED) is 0.277. The summed E-state index contributed by atoms with van der Waals surface area (Å²) in [5, 5.41) is 13.0. The number of carbonyl (C=O) groups is 3. The molecule has 2 aliphatic heterocycles. The number of nitrogens with one attached hydrogen (secondary N) is 1. The number of nitriles is 1. The molecule has 1 atom stereocenters. The van der Waals surface area contributed by atoms with E-state index in [2.05, 4.69) is 21.4 Å². The first-order valence-electron chi connectivity index (χ1n) is 16.0. The standard InChI is InChI=1S/C37H36FN7O4/c1-37(2,3)49-36(48)44-18-16-43(17-19-44)34(47)24-8-11-28(12-9-24)41-35-40-15-14-31(42-35)26-10-13-32-27(20-26)21-29(23-39)45(32)33(46)22-25-6-4-5-7-30(25)38/h4-15,20,29H,16-19,21-22H2,1-3H3,(H,40,41,42). The number of amides is 3. The van der Waals surface area contributed by atoms with E-state index in [1.54, 1.807) is 70.6 Å². The molecule has 3 aromatic carbocycles. The van der Waals surface area contributed by atoms with Crippen molar-refractivity contribution in [1.82, 2.24) is 19.8 Å². The third-order valence-electron chi connectivity index (χ3n) is 8.34. The Morgan fingerprint density at radius 1 is 0.980 bits per heavy atom. The number of aromatic nitrogens is 2. The minimum absolute atomic E-state index is 0.114. The summed E-state index contributed by atoms with van der Waals surface area (Å²) < 4.78 is 19.7. The summed E-state index contributed by atoms with van der Waals surface area (Å²) >= 11 is 0. The van der Waals surface area contributed by atoms with E-state index in [-0.39, 0.29) is 29.9 Å². The van der Waals surface area contributed by atoms with Crippen LogP contribution in [-0.2, 0) is 22.4 Å². The van der Waals surface area contributed by atoms with Crippen molar-refractivity contribution >= 4 is 35.2 Å². The van der Waals surface area contributed by atoms with Gasteiger partial charge in [0, 0.05) is 61.3 Å². The van der Waals surface area contributed by atoms with Crippen LogP contribution in [0.2, 0.25) is 0 Å². The van der Waals surface area contributed by atoms with Gasteiger partial charge in [0.25, 0.3) is 5.91 Å². The summed E-state index contributed by atoms with van der Waals surface area (Å²) in [7, 11) is 0. The molecule has 11 nitrogen and oxygen atoms in total. The highest BCUT2D eigenvalue weighted by molar-refractivity contribution is 5.98. The van der Waals surface area contributed by atoms with Gasteiger partial charge in [-0.25, -0.2) is 19.2 Å². The molecule has 3 heterocycles. The number of fused-ring (bicyclic) bond motifs is 1. The number of rotatable bonds is 6. The van der Waals surface area contributed by atoms with E-state index in [9.17, 15) is 24.0 Å². The number of nitrogens with zero attached hydrogens (tertiary/aromatic N) is 6. The molecule has 0 radical (unpaired) electrons. The Morgan fingerprint density at radius 3 is 2.39 bits per heavy atom. The van der Waals surface area contributed by atoms with E-state index in [1.165, 1.54) is 11.0 Å². The molecule has 1 aromatic heterocycles. The van der Waals surface area contributed by atoms with Crippen LogP contribution in [0.25, 0.3) is 11.3 Å². The van der Waals surface area contributed by atoms with Gasteiger partial charge >= 0.3 is 6.09 Å². The van der Waals surface area contributed by atoms with Gasteiger partial charge in [-0.15, -0.1) is 0 Å². The van der Waals surface area contributed by atoms with Crippen molar-refractivity contribution in [2.45, 2.75) is 45.3 Å². The third-order valence-corrected chi connectivity index (χ3v) is 8.34. The van der Waals surface area contributed by atoms with Crippen molar-refractivity contribution in [2.24, 2.45) is 0 Å². The van der Waals surface area contributed by atoms with E-state index < -0.39 is 17.5 Å². The molecule has 0 saturated carbocycles. The van der Waals surface area contributed by atoms with Gasteiger partial charge < -0.3 is 19.9 Å². The Labute approximate surface area is 283 Å². The normalized spacial score (nSPS) is 15.7. The smallest absolute Gasteiger partial charge is 0.410 e. The minimum Gasteiger partial charge on any atom is -0.444 e. The lowest BCUT2D eigenvalue weighted by Crippen LogP contribution is -2.51. The predicted molar refractivity (Wildman–Crippen MR) is 182 cm³/mol. The van der Waals surface area contributed by atoms with E-state index >= 15 is 0 Å². The fourth-order valence-corrected chi connectivity index (χ4v) is 5.92. The maximum Gasteiger partial charge on any atom is 0.410 e. The molecular weight excluding hydrogens is 625 g/mol. The van der Waals surface area contributed by atoms with Crippen LogP contribution in [0.3, 0.4) is 0 Å². The largest absolute Gasteiger partial charge is 0.444 e. The van der Waals surface area contributed by atoms with Gasteiger partial charge in [-0.05, 0) is 80.4 Å². The highest BCUT2D eigenvalue weighted by atomic mass is 19.1. The summed E-state index contributed by atoms with van der Waals surface area (Å²) in [6.07, 6.45) is 1.47. The molecule has 12 heteroatoms. The number of benzene rings is 3. The SMILES string of the molecule is CC(C)(C)OC(=O)N1CCN(C(=O)c2ccc(Nc3nccc(-c4ccc5c(c4)CC(C#N)N5C(=O)Cc4ccccc4F)n3)cc2)CC1. The fourth-order valence-electron chi connectivity index (χ4n) is 5.92. The first-order chi connectivity index (χ1) is 23.5. The lowest BCUT2D eigenvalue weighted by molar-refractivity contribution is -0.118. The van der Waals surface area contributed by atoms with Gasteiger partial charge in [-0.2, -0.15) is 5.26 Å². The van der Waals surface area contributed by atoms with E-state index in [0.29, 0.717) is 61.2 Å². The molecule has 4 aromatic rings. The second-order valence-corrected chi connectivity index (χ2v) is 13.0. The number of hydrogen-bond acceptors (Lipinski definition) is 8. The molecule has 1 fully saturated rings. The van der Waals surface area contributed by atoms with E-state index in [0.717, 1.165) is 11.1 Å². The molecular formula is C37H36FN7O4. The van der Waals surface area contributed by atoms with Crippen molar-refractivity contribution < 1.29 is 23.5 Å². The van der Waals surface area contributed by atoms with Crippen LogP contribution in [0.1, 0.15) is 42.3 Å². The molecule has 0 spiro atoms. The number of hydrogen-bond donors (Lipinski definition) is 1. The van der Waals surface area contributed by atoms with Gasteiger partial charge in [0.15, 0.2) is 0 Å². The van der Waals surface area contributed by atoms with E-state index in [4.69, 9.17) is 4.74 Å². The second-order valence-electron chi connectivity index (χ2n) is 13.0. The fraction of sp³-hybridized carbons (Fsp3) is 0.297. The van der Waals surface area contributed by atoms with Crippen molar-refractivity contribution in [3.63, 3.8) is 0 Å². The Hall–Kier alpha value is -5.83. The second kappa shape index (κ2) is 13.7. The van der Waals surface area contributed by atoms with Crippen molar-refractivity contribution in [3.05, 3.63) is 102 Å². The van der Waals surface area contributed by atoms with Crippen LogP contribution in [0, 0.1) is 17.1 Å². The van der Waals surface area contributed by atoms with Crippen LogP contribution in [0.4, 0.5) is 26.5 Å². The van der Waals surface area contributed by atoms with E-state index in [1.807, 2.05) is 32.9 Å². The summed E-state index contributed by atoms with van der Waals surface area (Å²) in [6.45, 7) is 7.12. The summed E-state index contributed by atoms with van der Waals surface area (Å²) in [6, 6.07) is 22.0. The summed E-state index contributed by atoms with van der Waals surface area (Å²) in [5.41, 5.74) is 3.81. The molecule has 49 heavy (non-hydrogen) atoms. The monoisotopic (exact) mass is 661 g/mol. The Morgan fingerprint density at radius 2 is 1.69 bits per heavy atom. The number of piperazine rings is 1. The average Bonchev–Trinajstić information content (AvgIpc) is 3.47. The number of anilines is 3. The summed E-state index contributed by atoms with van der Waals surface area (Å²) in [5.74, 6) is -0.558. The number of carbonyl (C=O) groups excluding carboxylic acids is 3. The molecule has 0 bridgehead atoms. The van der Waals surface area contributed by atoms with Gasteiger partial charge in [0.2, 0.25) is 11.9 Å². The van der Waals surface area contributed by atoms with Gasteiger partial charge in [-0.1, -0.05) is 24.3 Å².